The molecule has 2 unspecified atom stereocenters. The third-order valence-corrected chi connectivity index (χ3v) is 5.56. The van der Waals surface area contributed by atoms with E-state index < -0.39 is 0 Å². The molecule has 2 saturated heterocycles. The van der Waals surface area contributed by atoms with Gasteiger partial charge in [0.2, 0.25) is 0 Å². The standard InChI is InChI=1S/C16H30N2O2/c1-11(2,3)17-15(19-17)13(7,8)16(14(15,9)10)18(20-16)12(4,5)6/h1-10H3. The van der Waals surface area contributed by atoms with Crippen LogP contribution in [0.5, 0.6) is 0 Å². The highest BCUT2D eigenvalue weighted by Gasteiger charge is 3.00. The summed E-state index contributed by atoms with van der Waals surface area (Å²) in [5.74, 6) is 0. The normalized spacial score (nSPS) is 38.7. The minimum atomic E-state index is -0.224. The van der Waals surface area contributed by atoms with Crippen molar-refractivity contribution in [3.05, 3.63) is 0 Å². The van der Waals surface area contributed by atoms with Crippen molar-refractivity contribution in [3.8, 4) is 0 Å². The summed E-state index contributed by atoms with van der Waals surface area (Å²) < 4.78 is 0. The Balaban J connectivity index is 1.98. The lowest BCUT2D eigenvalue weighted by atomic mass is 9.44. The lowest BCUT2D eigenvalue weighted by Gasteiger charge is -2.61. The fraction of sp³-hybridized carbons (Fsp3) is 1.00. The number of hydrogen-bond donors (Lipinski definition) is 0. The number of hydrogen-bond acceptors (Lipinski definition) is 4. The highest BCUT2D eigenvalue weighted by Crippen LogP contribution is 2.85. The Labute approximate surface area is 123 Å². The summed E-state index contributed by atoms with van der Waals surface area (Å²) in [5, 5.41) is 4.35. The van der Waals surface area contributed by atoms with Gasteiger partial charge in [0.05, 0.1) is 10.8 Å². The first-order chi connectivity index (χ1) is 8.68. The summed E-state index contributed by atoms with van der Waals surface area (Å²) in [6.45, 7) is 22.3. The van der Waals surface area contributed by atoms with E-state index in [0.29, 0.717) is 0 Å². The molecule has 3 aliphatic rings. The third-order valence-electron chi connectivity index (χ3n) is 5.56. The molecule has 3 rings (SSSR count). The molecule has 4 nitrogen and oxygen atoms in total. The van der Waals surface area contributed by atoms with Gasteiger partial charge in [0.1, 0.15) is 0 Å². The third kappa shape index (κ3) is 1.17. The Morgan fingerprint density at radius 3 is 1.00 bits per heavy atom. The lowest BCUT2D eigenvalue weighted by Crippen LogP contribution is -2.77. The van der Waals surface area contributed by atoms with E-state index >= 15 is 0 Å². The molecule has 0 bridgehead atoms. The Kier molecular flexibility index (Phi) is 2.30. The Bertz CT molecular complexity index is 412. The monoisotopic (exact) mass is 282 g/mol. The topological polar surface area (TPSA) is 31.1 Å². The molecule has 2 aliphatic heterocycles. The van der Waals surface area contributed by atoms with Gasteiger partial charge in [-0.1, -0.05) is 27.7 Å². The van der Waals surface area contributed by atoms with Gasteiger partial charge < -0.3 is 0 Å². The van der Waals surface area contributed by atoms with Crippen molar-refractivity contribution in [1.82, 2.24) is 10.1 Å². The molecule has 1 saturated carbocycles. The van der Waals surface area contributed by atoms with Crippen molar-refractivity contribution < 1.29 is 9.68 Å². The van der Waals surface area contributed by atoms with Crippen LogP contribution in [-0.4, -0.2) is 32.7 Å². The van der Waals surface area contributed by atoms with Crippen LogP contribution < -0.4 is 0 Å². The van der Waals surface area contributed by atoms with E-state index in [1.165, 1.54) is 0 Å². The maximum atomic E-state index is 6.20. The highest BCUT2D eigenvalue weighted by atomic mass is 16.9. The Morgan fingerprint density at radius 1 is 0.600 bits per heavy atom. The molecule has 1 aliphatic carbocycles. The molecular formula is C16H30N2O2. The predicted molar refractivity (Wildman–Crippen MR) is 78.4 cm³/mol. The van der Waals surface area contributed by atoms with E-state index in [4.69, 9.17) is 9.68 Å². The van der Waals surface area contributed by atoms with Crippen molar-refractivity contribution >= 4 is 0 Å². The summed E-state index contributed by atoms with van der Waals surface area (Å²) in [7, 11) is 0. The van der Waals surface area contributed by atoms with Crippen molar-refractivity contribution in [3.63, 3.8) is 0 Å². The highest BCUT2D eigenvalue weighted by molar-refractivity contribution is 5.36. The smallest absolute Gasteiger partial charge is 0.184 e. The van der Waals surface area contributed by atoms with Gasteiger partial charge in [0, 0.05) is 11.1 Å². The zero-order valence-corrected chi connectivity index (χ0v) is 14.7. The van der Waals surface area contributed by atoms with Crippen LogP contribution in [0.1, 0.15) is 69.2 Å². The molecule has 4 heteroatoms. The van der Waals surface area contributed by atoms with E-state index in [0.717, 1.165) is 0 Å². The average molecular weight is 282 g/mol. The fourth-order valence-corrected chi connectivity index (χ4v) is 4.87. The van der Waals surface area contributed by atoms with E-state index in [2.05, 4.69) is 79.4 Å². The molecule has 0 amide bonds. The minimum absolute atomic E-state index is 0.0115. The molecule has 2 heterocycles. The molecule has 3 fully saturated rings. The second kappa shape index (κ2) is 3.12. The Morgan fingerprint density at radius 2 is 0.850 bits per heavy atom. The van der Waals surface area contributed by atoms with Gasteiger partial charge in [0.25, 0.3) is 0 Å². The van der Waals surface area contributed by atoms with Crippen molar-refractivity contribution in [2.45, 2.75) is 91.8 Å². The van der Waals surface area contributed by atoms with Crippen LogP contribution >= 0.6 is 0 Å². The van der Waals surface area contributed by atoms with Gasteiger partial charge in [-0.25, -0.2) is 0 Å². The van der Waals surface area contributed by atoms with Crippen LogP contribution in [0.25, 0.3) is 0 Å². The van der Waals surface area contributed by atoms with Crippen LogP contribution in [0.3, 0.4) is 0 Å². The molecule has 2 spiro atoms. The number of nitrogens with zero attached hydrogens (tertiary/aromatic N) is 2. The predicted octanol–water partition coefficient (Wildman–Crippen LogP) is 3.54. The van der Waals surface area contributed by atoms with Crippen molar-refractivity contribution in [2.75, 3.05) is 0 Å². The van der Waals surface area contributed by atoms with Crippen molar-refractivity contribution in [2.24, 2.45) is 10.8 Å². The van der Waals surface area contributed by atoms with E-state index in [1.807, 2.05) is 0 Å². The second-order valence-electron chi connectivity index (χ2n) is 9.65. The summed E-state index contributed by atoms with van der Waals surface area (Å²) in [6, 6.07) is 0. The van der Waals surface area contributed by atoms with Crippen LogP contribution in [-0.2, 0) is 9.68 Å². The van der Waals surface area contributed by atoms with Crippen LogP contribution in [0.15, 0.2) is 0 Å². The maximum Gasteiger partial charge on any atom is 0.184 e. The van der Waals surface area contributed by atoms with Gasteiger partial charge in [-0.3, -0.25) is 9.68 Å². The minimum Gasteiger partial charge on any atom is -0.269 e. The number of hydroxylamine groups is 4. The molecule has 0 aromatic carbocycles. The summed E-state index contributed by atoms with van der Waals surface area (Å²) in [4.78, 5) is 12.4. The largest absolute Gasteiger partial charge is 0.269 e. The molecule has 20 heavy (non-hydrogen) atoms. The first-order valence-electron chi connectivity index (χ1n) is 7.67. The van der Waals surface area contributed by atoms with Gasteiger partial charge in [0.15, 0.2) is 11.4 Å². The SMILES string of the molecule is CC(C)(C)N1OC12C(C)(C)C1(ON1C(C)(C)C)C2(C)C. The molecule has 0 N–H and O–H groups in total. The van der Waals surface area contributed by atoms with Gasteiger partial charge in [-0.2, -0.15) is 0 Å². The van der Waals surface area contributed by atoms with Gasteiger partial charge in [-0.05, 0) is 41.5 Å². The molecule has 0 aromatic heterocycles. The van der Waals surface area contributed by atoms with Crippen LogP contribution in [0, 0.1) is 10.8 Å². The van der Waals surface area contributed by atoms with Crippen LogP contribution in [0.2, 0.25) is 0 Å². The van der Waals surface area contributed by atoms with E-state index in [1.54, 1.807) is 0 Å². The quantitative estimate of drug-likeness (QED) is 0.636. The number of rotatable bonds is 0. The zero-order valence-electron chi connectivity index (χ0n) is 14.7. The van der Waals surface area contributed by atoms with E-state index in [-0.39, 0.29) is 33.4 Å². The van der Waals surface area contributed by atoms with Gasteiger partial charge >= 0.3 is 0 Å². The van der Waals surface area contributed by atoms with Crippen molar-refractivity contribution in [1.29, 1.82) is 0 Å². The molecule has 116 valence electrons. The van der Waals surface area contributed by atoms with E-state index in [9.17, 15) is 0 Å². The molecular weight excluding hydrogens is 252 g/mol. The average Bonchev–Trinajstić information content (AvgIpc) is 3.07. The first kappa shape index (κ1) is 14.8. The zero-order chi connectivity index (χ0) is 15.6. The second-order valence-corrected chi connectivity index (χ2v) is 9.65. The summed E-state index contributed by atoms with van der Waals surface area (Å²) >= 11 is 0. The summed E-state index contributed by atoms with van der Waals surface area (Å²) in [6.07, 6.45) is 0. The fourth-order valence-electron chi connectivity index (χ4n) is 4.87. The molecule has 0 aromatic rings. The maximum absolute atomic E-state index is 6.20. The lowest BCUT2D eigenvalue weighted by molar-refractivity contribution is -0.209. The molecule has 2 atom stereocenters. The molecule has 0 radical (unpaired) electrons. The Hall–Kier alpha value is -0.160. The van der Waals surface area contributed by atoms with Gasteiger partial charge in [-0.15, -0.1) is 10.1 Å². The summed E-state index contributed by atoms with van der Waals surface area (Å²) in [5.41, 5.74) is -0.556. The van der Waals surface area contributed by atoms with Crippen LogP contribution in [0.4, 0.5) is 0 Å². The first-order valence-corrected chi connectivity index (χ1v) is 7.67.